The van der Waals surface area contributed by atoms with Gasteiger partial charge in [-0.05, 0) is 25.1 Å². The lowest BCUT2D eigenvalue weighted by Crippen LogP contribution is -3.16. The Bertz CT molecular complexity index is 776. The van der Waals surface area contributed by atoms with Gasteiger partial charge in [0, 0.05) is 19.7 Å². The lowest BCUT2D eigenvalue weighted by Gasteiger charge is -2.33. The molecule has 0 radical (unpaired) electrons. The first-order valence-electron chi connectivity index (χ1n) is 9.16. The Hall–Kier alpha value is -1.72. The minimum atomic E-state index is -3.39. The van der Waals surface area contributed by atoms with E-state index in [1.165, 1.54) is 36.7 Å². The summed E-state index contributed by atoms with van der Waals surface area (Å²) >= 11 is 0. The lowest BCUT2D eigenvalue weighted by atomic mass is 10.1. The maximum absolute atomic E-state index is 12.1. The highest BCUT2D eigenvalue weighted by atomic mass is 32.2. The first-order chi connectivity index (χ1) is 13.1. The van der Waals surface area contributed by atoms with Gasteiger partial charge in [0.15, 0.2) is 17.3 Å². The fraction of sp³-hybridized carbons (Fsp3) is 0.611. The van der Waals surface area contributed by atoms with Crippen molar-refractivity contribution in [2.75, 3.05) is 60.5 Å². The van der Waals surface area contributed by atoms with Crippen LogP contribution in [0.5, 0.6) is 11.5 Å². The highest BCUT2D eigenvalue weighted by molar-refractivity contribution is 7.86. The number of rotatable bonds is 9. The summed E-state index contributed by atoms with van der Waals surface area (Å²) in [6.45, 7) is 4.11. The number of piperazine rings is 1. The molecule has 1 fully saturated rings. The SMILES string of the molecule is COc1cc(C(C)=O)ccc1OC[C@H](O)C[NH+]1CCN(S(=O)(=O)N(C)C)CC1. The summed E-state index contributed by atoms with van der Waals surface area (Å²) in [6, 6.07) is 4.92. The second kappa shape index (κ2) is 9.66. The molecule has 10 heteroatoms. The molecule has 9 nitrogen and oxygen atoms in total. The van der Waals surface area contributed by atoms with E-state index in [-0.39, 0.29) is 12.4 Å². The number of carbonyl (C=O) groups excluding carboxylic acids is 1. The highest BCUT2D eigenvalue weighted by Crippen LogP contribution is 2.28. The van der Waals surface area contributed by atoms with Gasteiger partial charge in [0.1, 0.15) is 19.3 Å². The Labute approximate surface area is 166 Å². The van der Waals surface area contributed by atoms with Crippen molar-refractivity contribution in [2.45, 2.75) is 13.0 Å². The Morgan fingerprint density at radius 2 is 1.93 bits per heavy atom. The molecular formula is C18H30N3O6S+. The van der Waals surface area contributed by atoms with Gasteiger partial charge in [0.05, 0.1) is 33.3 Å². The van der Waals surface area contributed by atoms with Crippen LogP contribution in [0.2, 0.25) is 0 Å². The van der Waals surface area contributed by atoms with E-state index in [1.807, 2.05) is 0 Å². The smallest absolute Gasteiger partial charge is 0.281 e. The summed E-state index contributed by atoms with van der Waals surface area (Å²) in [4.78, 5) is 12.6. The number of aliphatic hydroxyl groups excluding tert-OH is 1. The second-order valence-corrected chi connectivity index (χ2v) is 9.17. The van der Waals surface area contributed by atoms with E-state index >= 15 is 0 Å². The summed E-state index contributed by atoms with van der Waals surface area (Å²) in [6.07, 6.45) is -0.704. The minimum Gasteiger partial charge on any atom is -0.493 e. The fourth-order valence-electron chi connectivity index (χ4n) is 3.05. The number of nitrogens with one attached hydrogen (secondary N) is 1. The number of quaternary nitrogens is 1. The zero-order valence-corrected chi connectivity index (χ0v) is 17.7. The Morgan fingerprint density at radius 1 is 1.29 bits per heavy atom. The third-order valence-electron chi connectivity index (χ3n) is 4.74. The first kappa shape index (κ1) is 22.6. The van der Waals surface area contributed by atoms with Crippen LogP contribution in [-0.2, 0) is 10.2 Å². The quantitative estimate of drug-likeness (QED) is 0.483. The third-order valence-corrected chi connectivity index (χ3v) is 6.68. The van der Waals surface area contributed by atoms with Gasteiger partial charge >= 0.3 is 0 Å². The molecule has 1 aromatic carbocycles. The van der Waals surface area contributed by atoms with Gasteiger partial charge in [-0.25, -0.2) is 0 Å². The van der Waals surface area contributed by atoms with Crippen molar-refractivity contribution in [2.24, 2.45) is 0 Å². The molecule has 0 aromatic heterocycles. The number of methoxy groups -OCH3 is 1. The average molecular weight is 417 g/mol. The Kier molecular flexibility index (Phi) is 7.79. The molecule has 0 amide bonds. The van der Waals surface area contributed by atoms with Crippen LogP contribution in [0.3, 0.4) is 0 Å². The van der Waals surface area contributed by atoms with Crippen LogP contribution in [0, 0.1) is 0 Å². The Morgan fingerprint density at radius 3 is 2.46 bits per heavy atom. The summed E-state index contributed by atoms with van der Waals surface area (Å²) in [5, 5.41) is 10.3. The number of nitrogens with zero attached hydrogens (tertiary/aromatic N) is 2. The van der Waals surface area contributed by atoms with E-state index in [4.69, 9.17) is 9.47 Å². The van der Waals surface area contributed by atoms with E-state index in [9.17, 15) is 18.3 Å². The van der Waals surface area contributed by atoms with Crippen molar-refractivity contribution in [1.82, 2.24) is 8.61 Å². The maximum Gasteiger partial charge on any atom is 0.281 e. The predicted molar refractivity (Wildman–Crippen MR) is 104 cm³/mol. The number of Topliss-reactive ketones (excluding diaryl/α,β-unsaturated/α-hetero) is 1. The summed E-state index contributed by atoms with van der Waals surface area (Å²) < 4.78 is 37.9. The number of aliphatic hydroxyl groups is 1. The average Bonchev–Trinajstić information content (AvgIpc) is 2.66. The largest absolute Gasteiger partial charge is 0.493 e. The van der Waals surface area contributed by atoms with E-state index in [0.717, 1.165) is 4.90 Å². The van der Waals surface area contributed by atoms with Crippen LogP contribution in [0.25, 0.3) is 0 Å². The second-order valence-electron chi connectivity index (χ2n) is 7.03. The lowest BCUT2D eigenvalue weighted by molar-refractivity contribution is -0.906. The summed E-state index contributed by atoms with van der Waals surface area (Å²) in [5.74, 6) is 0.835. The normalized spacial score (nSPS) is 17.5. The number of hydrogen-bond donors (Lipinski definition) is 2. The molecule has 1 aromatic rings. The van der Waals surface area contributed by atoms with Gasteiger partial charge in [-0.15, -0.1) is 0 Å². The molecule has 0 bridgehead atoms. The van der Waals surface area contributed by atoms with Crippen molar-refractivity contribution in [1.29, 1.82) is 0 Å². The van der Waals surface area contributed by atoms with Crippen molar-refractivity contribution >= 4 is 16.0 Å². The summed E-state index contributed by atoms with van der Waals surface area (Å²) in [7, 11) is 1.15. The third kappa shape index (κ3) is 5.65. The monoisotopic (exact) mass is 416 g/mol. The molecule has 1 saturated heterocycles. The topological polar surface area (TPSA) is 101 Å². The van der Waals surface area contributed by atoms with E-state index < -0.39 is 16.3 Å². The van der Waals surface area contributed by atoms with Crippen LogP contribution >= 0.6 is 0 Å². The molecule has 1 atom stereocenters. The van der Waals surface area contributed by atoms with Crippen LogP contribution in [0.1, 0.15) is 17.3 Å². The van der Waals surface area contributed by atoms with E-state index in [0.29, 0.717) is 49.8 Å². The summed E-state index contributed by atoms with van der Waals surface area (Å²) in [5.41, 5.74) is 0.528. The van der Waals surface area contributed by atoms with Gasteiger partial charge in [-0.1, -0.05) is 0 Å². The van der Waals surface area contributed by atoms with Gasteiger partial charge in [-0.3, -0.25) is 4.79 Å². The number of ketones is 1. The van der Waals surface area contributed by atoms with Crippen LogP contribution in [-0.4, -0.2) is 94.6 Å². The minimum absolute atomic E-state index is 0.0658. The van der Waals surface area contributed by atoms with Gasteiger partial charge in [0.25, 0.3) is 10.2 Å². The Balaban J connectivity index is 1.84. The number of benzene rings is 1. The standard InChI is InChI=1S/C18H29N3O6S/c1-14(22)15-5-6-17(18(11-15)26-4)27-13-16(23)12-20-7-9-21(10-8-20)28(24,25)19(2)3/h5-6,11,16,23H,7-10,12-13H2,1-4H3/p+1/t16-/m1/s1. The van der Waals surface area contributed by atoms with Gasteiger partial charge in [-0.2, -0.15) is 17.0 Å². The van der Waals surface area contributed by atoms with Crippen LogP contribution in [0.15, 0.2) is 18.2 Å². The highest BCUT2D eigenvalue weighted by Gasteiger charge is 2.31. The fourth-order valence-corrected chi connectivity index (χ4v) is 4.16. The van der Waals surface area contributed by atoms with Gasteiger partial charge in [0.2, 0.25) is 0 Å². The van der Waals surface area contributed by atoms with Crippen LogP contribution in [0.4, 0.5) is 0 Å². The van der Waals surface area contributed by atoms with Crippen molar-refractivity contribution in [3.8, 4) is 11.5 Å². The van der Waals surface area contributed by atoms with E-state index in [2.05, 4.69) is 0 Å². The number of hydrogen-bond acceptors (Lipinski definition) is 6. The molecule has 28 heavy (non-hydrogen) atoms. The first-order valence-corrected chi connectivity index (χ1v) is 10.6. The zero-order valence-electron chi connectivity index (χ0n) is 16.8. The van der Waals surface area contributed by atoms with Crippen molar-refractivity contribution in [3.05, 3.63) is 23.8 Å². The molecule has 1 heterocycles. The molecule has 0 spiro atoms. The molecule has 1 aliphatic rings. The molecule has 1 aliphatic heterocycles. The van der Waals surface area contributed by atoms with Crippen LogP contribution < -0.4 is 14.4 Å². The molecule has 0 unspecified atom stereocenters. The number of ether oxygens (including phenoxy) is 2. The molecule has 0 saturated carbocycles. The van der Waals surface area contributed by atoms with Crippen molar-refractivity contribution in [3.63, 3.8) is 0 Å². The molecule has 2 N–H and O–H groups in total. The molecule has 2 rings (SSSR count). The van der Waals surface area contributed by atoms with E-state index in [1.54, 1.807) is 18.2 Å². The molecule has 0 aliphatic carbocycles. The van der Waals surface area contributed by atoms with Crippen molar-refractivity contribution < 1.29 is 32.7 Å². The zero-order chi connectivity index (χ0) is 20.9. The molecular weight excluding hydrogens is 386 g/mol. The maximum atomic E-state index is 12.1. The molecule has 158 valence electrons. The predicted octanol–water partition coefficient (Wildman–Crippen LogP) is -1.36. The number of carbonyl (C=O) groups is 1. The van der Waals surface area contributed by atoms with Gasteiger partial charge < -0.3 is 19.5 Å².